The lowest BCUT2D eigenvalue weighted by molar-refractivity contribution is -0.144. The molecule has 8 nitrogen and oxygen atoms in total. The number of amides is 1. The lowest BCUT2D eigenvalue weighted by atomic mass is 9.85. The molecule has 3 aromatic rings. The maximum absolute atomic E-state index is 13.7. The molecule has 1 amide bonds. The van der Waals surface area contributed by atoms with Crippen LogP contribution in [0.2, 0.25) is 0 Å². The van der Waals surface area contributed by atoms with Crippen molar-refractivity contribution in [1.82, 2.24) is 19.9 Å². The number of hydrogen-bond acceptors (Lipinski definition) is 6. The van der Waals surface area contributed by atoms with Gasteiger partial charge in [-0.3, -0.25) is 4.79 Å². The third-order valence-corrected chi connectivity index (χ3v) is 7.63. The molecule has 0 unspecified atom stereocenters. The Kier molecular flexibility index (Phi) is 7.65. The topological polar surface area (TPSA) is 97.5 Å². The molecular weight excluding hydrogens is 468 g/mol. The number of aromatic nitrogens is 3. The molecule has 1 aromatic heterocycles. The molecule has 3 atom stereocenters. The number of carbonyl (C=O) groups excluding carboxylic acids is 2. The van der Waals surface area contributed by atoms with Crippen molar-refractivity contribution in [3.05, 3.63) is 83.2 Å². The van der Waals surface area contributed by atoms with Crippen molar-refractivity contribution in [1.29, 1.82) is 0 Å². The average Bonchev–Trinajstić information content (AvgIpc) is 3.41. The Morgan fingerprint density at radius 3 is 2.49 bits per heavy atom. The molecule has 8 heteroatoms. The van der Waals surface area contributed by atoms with Gasteiger partial charge in [-0.15, -0.1) is 5.10 Å². The maximum atomic E-state index is 13.7. The molecule has 37 heavy (non-hydrogen) atoms. The number of hydrogen-bond donors (Lipinski definition) is 1. The van der Waals surface area contributed by atoms with E-state index < -0.39 is 18.1 Å². The van der Waals surface area contributed by atoms with E-state index >= 15 is 0 Å². The Bertz CT molecular complexity index is 1200. The van der Waals surface area contributed by atoms with Gasteiger partial charge in [0.15, 0.2) is 0 Å². The van der Waals surface area contributed by atoms with E-state index in [-0.39, 0.29) is 24.5 Å². The Hall–Kier alpha value is -3.52. The van der Waals surface area contributed by atoms with E-state index in [1.165, 1.54) is 6.42 Å². The molecule has 2 fully saturated rings. The summed E-state index contributed by atoms with van der Waals surface area (Å²) in [6.45, 7) is 2.37. The molecule has 194 valence electrons. The number of benzene rings is 2. The van der Waals surface area contributed by atoms with Gasteiger partial charge < -0.3 is 14.7 Å². The van der Waals surface area contributed by atoms with Crippen LogP contribution in [0.25, 0.3) is 0 Å². The van der Waals surface area contributed by atoms with Crippen LogP contribution in [0.5, 0.6) is 0 Å². The van der Waals surface area contributed by atoms with Crippen molar-refractivity contribution in [2.75, 3.05) is 6.54 Å². The average molecular weight is 503 g/mol. The van der Waals surface area contributed by atoms with Crippen molar-refractivity contribution >= 4 is 11.9 Å². The normalized spacial score (nSPS) is 22.5. The first-order chi connectivity index (χ1) is 18.0. The molecule has 1 aliphatic heterocycles. The molecule has 0 bridgehead atoms. The molecule has 2 heterocycles. The Morgan fingerprint density at radius 1 is 1.03 bits per heavy atom. The van der Waals surface area contributed by atoms with E-state index in [0.717, 1.165) is 36.8 Å². The molecule has 2 aliphatic rings. The van der Waals surface area contributed by atoms with Crippen molar-refractivity contribution < 1.29 is 19.4 Å². The number of carbonyl (C=O) groups is 2. The van der Waals surface area contributed by atoms with E-state index in [1.54, 1.807) is 35.1 Å². The van der Waals surface area contributed by atoms with Crippen LogP contribution < -0.4 is 0 Å². The molecule has 0 spiro atoms. The lowest BCUT2D eigenvalue weighted by Crippen LogP contribution is -2.50. The van der Waals surface area contributed by atoms with E-state index in [2.05, 4.69) is 34.6 Å². The fourth-order valence-electron chi connectivity index (χ4n) is 5.49. The van der Waals surface area contributed by atoms with Gasteiger partial charge in [-0.25, -0.2) is 9.48 Å². The number of esters is 1. The highest BCUT2D eigenvalue weighted by atomic mass is 16.5. The summed E-state index contributed by atoms with van der Waals surface area (Å²) in [4.78, 5) is 28.0. The Balaban J connectivity index is 1.32. The third-order valence-electron chi connectivity index (χ3n) is 7.63. The highest BCUT2D eigenvalue weighted by Crippen LogP contribution is 2.38. The van der Waals surface area contributed by atoms with Crippen LogP contribution >= 0.6 is 0 Å². The molecular formula is C29H34N4O4. The Morgan fingerprint density at radius 2 is 1.76 bits per heavy atom. The third kappa shape index (κ3) is 5.74. The Labute approximate surface area is 217 Å². The first kappa shape index (κ1) is 25.1. The zero-order chi connectivity index (χ0) is 25.8. The van der Waals surface area contributed by atoms with Crippen molar-refractivity contribution in [3.63, 3.8) is 0 Å². The van der Waals surface area contributed by atoms with Crippen molar-refractivity contribution in [2.24, 2.45) is 5.92 Å². The van der Waals surface area contributed by atoms with Crippen molar-refractivity contribution in [3.8, 4) is 0 Å². The van der Waals surface area contributed by atoms with Crippen LogP contribution in [0.15, 0.2) is 60.8 Å². The molecule has 1 saturated heterocycles. The predicted molar refractivity (Wildman–Crippen MR) is 137 cm³/mol. The second-order valence-electron chi connectivity index (χ2n) is 10.3. The maximum Gasteiger partial charge on any atom is 0.338 e. The largest absolute Gasteiger partial charge is 0.455 e. The molecule has 1 aliphatic carbocycles. The number of ether oxygens (including phenoxy) is 1. The summed E-state index contributed by atoms with van der Waals surface area (Å²) in [5.41, 5.74) is 3.16. The highest BCUT2D eigenvalue weighted by molar-refractivity contribution is 5.89. The van der Waals surface area contributed by atoms with Gasteiger partial charge in [0.2, 0.25) is 5.91 Å². The molecule has 1 N–H and O–H groups in total. The van der Waals surface area contributed by atoms with Crippen LogP contribution in [-0.2, 0) is 16.1 Å². The first-order valence-corrected chi connectivity index (χ1v) is 13.2. The van der Waals surface area contributed by atoms with E-state index in [9.17, 15) is 14.7 Å². The zero-order valence-electron chi connectivity index (χ0n) is 21.2. The standard InChI is InChI=1S/C29H34N4O4/c1-20-12-14-21(15-13-20)25-16-27(34)26(18-32(25)28(35)22-8-4-2-5-9-22)33-17-24(30-31-33)19-37-29(36)23-10-6-3-7-11-23/h3,6-7,10-15,17,22,25-27,34H,2,4-5,8-9,16,18-19H2,1H3/t25-,26+,27+/m1/s1. The smallest absolute Gasteiger partial charge is 0.338 e. The minimum atomic E-state index is -0.705. The minimum Gasteiger partial charge on any atom is -0.455 e. The van der Waals surface area contributed by atoms with Crippen molar-refractivity contribution in [2.45, 2.75) is 70.2 Å². The lowest BCUT2D eigenvalue weighted by Gasteiger charge is -2.44. The fourth-order valence-corrected chi connectivity index (χ4v) is 5.49. The summed E-state index contributed by atoms with van der Waals surface area (Å²) in [6.07, 6.45) is 6.60. The monoisotopic (exact) mass is 502 g/mol. The van der Waals surface area contributed by atoms with Crippen LogP contribution in [-0.4, -0.2) is 49.5 Å². The minimum absolute atomic E-state index is 0.0206. The van der Waals surface area contributed by atoms with Gasteiger partial charge in [-0.1, -0.05) is 72.5 Å². The van der Waals surface area contributed by atoms with E-state index in [4.69, 9.17) is 4.74 Å². The number of rotatable bonds is 6. The number of nitrogens with zero attached hydrogens (tertiary/aromatic N) is 4. The summed E-state index contributed by atoms with van der Waals surface area (Å²) < 4.78 is 7.00. The first-order valence-electron chi connectivity index (χ1n) is 13.2. The molecule has 5 rings (SSSR count). The van der Waals surface area contributed by atoms with Crippen LogP contribution in [0, 0.1) is 12.8 Å². The summed E-state index contributed by atoms with van der Waals surface area (Å²) in [6, 6.07) is 16.4. The quantitative estimate of drug-likeness (QED) is 0.502. The van der Waals surface area contributed by atoms with Gasteiger partial charge in [-0.05, 0) is 37.5 Å². The second kappa shape index (κ2) is 11.3. The van der Waals surface area contributed by atoms with Gasteiger partial charge in [0.05, 0.1) is 29.9 Å². The summed E-state index contributed by atoms with van der Waals surface area (Å²) >= 11 is 0. The number of aliphatic hydroxyl groups is 1. The van der Waals surface area contributed by atoms with Gasteiger partial charge in [0.25, 0.3) is 0 Å². The van der Waals surface area contributed by atoms with Gasteiger partial charge in [-0.2, -0.15) is 0 Å². The van der Waals surface area contributed by atoms with Crippen LogP contribution in [0.1, 0.15) is 77.8 Å². The van der Waals surface area contributed by atoms with Gasteiger partial charge in [0, 0.05) is 18.9 Å². The number of piperidine rings is 1. The number of aliphatic hydroxyl groups excluding tert-OH is 1. The van der Waals surface area contributed by atoms with E-state index in [1.807, 2.05) is 17.9 Å². The fraction of sp³-hybridized carbons (Fsp3) is 0.448. The zero-order valence-corrected chi connectivity index (χ0v) is 21.2. The van der Waals surface area contributed by atoms with E-state index in [0.29, 0.717) is 24.2 Å². The SMILES string of the molecule is Cc1ccc([C@H]2C[C@H](O)[C@@H](n3cc(COC(=O)c4ccccc4)nn3)CN2C(=O)C2CCCCC2)cc1. The molecule has 1 saturated carbocycles. The van der Waals surface area contributed by atoms with Crippen LogP contribution in [0.4, 0.5) is 0 Å². The molecule has 2 aromatic carbocycles. The predicted octanol–water partition coefficient (Wildman–Crippen LogP) is 4.40. The molecule has 0 radical (unpaired) electrons. The van der Waals surface area contributed by atoms with Crippen LogP contribution in [0.3, 0.4) is 0 Å². The second-order valence-corrected chi connectivity index (χ2v) is 10.3. The highest BCUT2D eigenvalue weighted by Gasteiger charge is 2.41. The number of likely N-dealkylation sites (tertiary alicyclic amines) is 1. The van der Waals surface area contributed by atoms with Gasteiger partial charge in [0.1, 0.15) is 12.3 Å². The summed E-state index contributed by atoms with van der Waals surface area (Å²) in [7, 11) is 0. The summed E-state index contributed by atoms with van der Waals surface area (Å²) in [5, 5.41) is 19.6. The summed E-state index contributed by atoms with van der Waals surface area (Å²) in [5.74, 6) is -0.237. The van der Waals surface area contributed by atoms with Gasteiger partial charge >= 0.3 is 5.97 Å². The number of aryl methyl sites for hydroxylation is 1.